The van der Waals surface area contributed by atoms with Crippen LogP contribution in [0.1, 0.15) is 47.2 Å². The number of ether oxygens (including phenoxy) is 2. The van der Waals surface area contributed by atoms with E-state index in [0.717, 1.165) is 36.8 Å². The molecule has 7 nitrogen and oxygen atoms in total. The van der Waals surface area contributed by atoms with E-state index in [1.165, 1.54) is 25.3 Å². The van der Waals surface area contributed by atoms with Gasteiger partial charge in [-0.15, -0.1) is 0 Å². The molecule has 2 aromatic rings. The third-order valence-electron chi connectivity index (χ3n) is 5.46. The van der Waals surface area contributed by atoms with Crippen molar-refractivity contribution in [2.45, 2.75) is 44.4 Å². The van der Waals surface area contributed by atoms with Gasteiger partial charge in [0.1, 0.15) is 18.1 Å². The number of amides is 1. The molecule has 0 saturated carbocycles. The molecule has 1 heterocycles. The van der Waals surface area contributed by atoms with Crippen molar-refractivity contribution >= 4 is 15.9 Å². The molecule has 0 aliphatic carbocycles. The van der Waals surface area contributed by atoms with Crippen molar-refractivity contribution in [2.24, 2.45) is 0 Å². The lowest BCUT2D eigenvalue weighted by Gasteiger charge is -2.22. The Balaban J connectivity index is 1.68. The molecule has 0 radical (unpaired) electrons. The predicted molar refractivity (Wildman–Crippen MR) is 124 cm³/mol. The van der Waals surface area contributed by atoms with Crippen LogP contribution in [0.5, 0.6) is 11.5 Å². The molecule has 32 heavy (non-hydrogen) atoms. The Bertz CT molecular complexity index is 1020. The van der Waals surface area contributed by atoms with Crippen molar-refractivity contribution < 1.29 is 22.7 Å². The van der Waals surface area contributed by atoms with Gasteiger partial charge >= 0.3 is 0 Å². The van der Waals surface area contributed by atoms with E-state index in [1.807, 2.05) is 32.0 Å². The maximum atomic E-state index is 13.1. The molecule has 0 aromatic heterocycles. The second-order valence-corrected chi connectivity index (χ2v) is 9.91. The first kappa shape index (κ1) is 24.1. The predicted octanol–water partition coefficient (Wildman–Crippen LogP) is 3.69. The number of hydrogen-bond acceptors (Lipinski definition) is 5. The van der Waals surface area contributed by atoms with Crippen LogP contribution in [0.2, 0.25) is 0 Å². The molecule has 1 aliphatic rings. The van der Waals surface area contributed by atoms with Crippen LogP contribution >= 0.6 is 0 Å². The third kappa shape index (κ3) is 6.23. The molecule has 8 heteroatoms. The second kappa shape index (κ2) is 10.8. The summed E-state index contributed by atoms with van der Waals surface area (Å²) >= 11 is 0. The van der Waals surface area contributed by atoms with Crippen LogP contribution < -0.4 is 14.2 Å². The minimum Gasteiger partial charge on any atom is -0.496 e. The van der Waals surface area contributed by atoms with Gasteiger partial charge in [-0.25, -0.2) is 13.1 Å². The fraction of sp³-hybridized carbons (Fsp3) is 0.458. The summed E-state index contributed by atoms with van der Waals surface area (Å²) in [6, 6.07) is 10.2. The van der Waals surface area contributed by atoms with Gasteiger partial charge in [0.05, 0.1) is 17.6 Å². The summed E-state index contributed by atoms with van der Waals surface area (Å²) in [5.74, 6) is 0.881. The molecular formula is C24H32N2O5S. The lowest BCUT2D eigenvalue weighted by molar-refractivity contribution is 0.0758. The van der Waals surface area contributed by atoms with Crippen molar-refractivity contribution in [1.29, 1.82) is 0 Å². The molecule has 0 bridgehead atoms. The number of carbonyl (C=O) groups excluding carboxylic acids is 1. The minimum atomic E-state index is -3.81. The summed E-state index contributed by atoms with van der Waals surface area (Å²) in [4.78, 5) is 14.9. The zero-order valence-corrected chi connectivity index (χ0v) is 19.8. The quantitative estimate of drug-likeness (QED) is 0.608. The second-order valence-electron chi connectivity index (χ2n) is 8.14. The van der Waals surface area contributed by atoms with Crippen LogP contribution in [0.25, 0.3) is 0 Å². The van der Waals surface area contributed by atoms with Gasteiger partial charge in [0, 0.05) is 19.6 Å². The molecular weight excluding hydrogens is 428 g/mol. The van der Waals surface area contributed by atoms with Gasteiger partial charge in [-0.1, -0.05) is 18.9 Å². The maximum absolute atomic E-state index is 13.1. The molecule has 2 aromatic carbocycles. The summed E-state index contributed by atoms with van der Waals surface area (Å²) in [6.07, 6.45) is 4.11. The van der Waals surface area contributed by atoms with E-state index in [-0.39, 0.29) is 29.5 Å². The fourth-order valence-corrected chi connectivity index (χ4v) is 4.95. The summed E-state index contributed by atoms with van der Waals surface area (Å²) in [5, 5.41) is 0. The van der Waals surface area contributed by atoms with Crippen molar-refractivity contribution in [3.8, 4) is 11.5 Å². The van der Waals surface area contributed by atoms with Crippen LogP contribution in [0, 0.1) is 13.8 Å². The molecule has 0 atom stereocenters. The van der Waals surface area contributed by atoms with Crippen LogP contribution in [-0.4, -0.2) is 52.6 Å². The van der Waals surface area contributed by atoms with Gasteiger partial charge in [-0.3, -0.25) is 4.79 Å². The maximum Gasteiger partial charge on any atom is 0.257 e. The number of hydrogen-bond donors (Lipinski definition) is 1. The molecule has 1 N–H and O–H groups in total. The average Bonchev–Trinajstić information content (AvgIpc) is 3.05. The Labute approximate surface area is 190 Å². The number of nitrogens with one attached hydrogen (secondary N) is 1. The van der Waals surface area contributed by atoms with Crippen LogP contribution in [0.4, 0.5) is 0 Å². The molecule has 1 saturated heterocycles. The molecule has 174 valence electrons. The average molecular weight is 461 g/mol. The van der Waals surface area contributed by atoms with Crippen molar-refractivity contribution in [1.82, 2.24) is 9.62 Å². The van der Waals surface area contributed by atoms with Gasteiger partial charge in [0.15, 0.2) is 0 Å². The molecule has 0 spiro atoms. The van der Waals surface area contributed by atoms with Crippen LogP contribution in [0.3, 0.4) is 0 Å². The number of aryl methyl sites for hydroxylation is 2. The highest BCUT2D eigenvalue weighted by Gasteiger charge is 2.24. The van der Waals surface area contributed by atoms with Crippen molar-refractivity contribution in [2.75, 3.05) is 33.4 Å². The largest absolute Gasteiger partial charge is 0.496 e. The number of likely N-dealkylation sites (tertiary alicyclic amines) is 1. The van der Waals surface area contributed by atoms with E-state index >= 15 is 0 Å². The minimum absolute atomic E-state index is 0.0304. The molecule has 0 unspecified atom stereocenters. The Morgan fingerprint density at radius 3 is 2.28 bits per heavy atom. The highest BCUT2D eigenvalue weighted by atomic mass is 32.2. The summed E-state index contributed by atoms with van der Waals surface area (Å²) in [6.45, 7) is 5.61. The Morgan fingerprint density at radius 2 is 1.66 bits per heavy atom. The van der Waals surface area contributed by atoms with Gasteiger partial charge < -0.3 is 14.4 Å². The summed E-state index contributed by atoms with van der Waals surface area (Å²) in [5.41, 5.74) is 2.43. The molecule has 3 rings (SSSR count). The lowest BCUT2D eigenvalue weighted by Crippen LogP contribution is -2.32. The van der Waals surface area contributed by atoms with Crippen molar-refractivity contribution in [3.05, 3.63) is 53.1 Å². The molecule has 1 amide bonds. The topological polar surface area (TPSA) is 84.9 Å². The summed E-state index contributed by atoms with van der Waals surface area (Å²) in [7, 11) is -2.33. The number of rotatable bonds is 8. The van der Waals surface area contributed by atoms with Crippen molar-refractivity contribution in [3.63, 3.8) is 0 Å². The molecule has 1 fully saturated rings. The molecule has 1 aliphatic heterocycles. The first-order chi connectivity index (χ1) is 15.3. The van der Waals surface area contributed by atoms with E-state index in [9.17, 15) is 13.2 Å². The SMILES string of the molecule is COc1ccc(S(=O)(=O)NCCOc2cc(C)cc(C)c2)cc1C(=O)N1CCCCCC1. The highest BCUT2D eigenvalue weighted by molar-refractivity contribution is 7.89. The lowest BCUT2D eigenvalue weighted by atomic mass is 10.1. The van der Waals surface area contributed by atoms with Gasteiger partial charge in [-0.05, 0) is 68.1 Å². The Hall–Kier alpha value is -2.58. The fourth-order valence-electron chi connectivity index (χ4n) is 3.91. The normalized spacial score (nSPS) is 14.7. The smallest absolute Gasteiger partial charge is 0.257 e. The van der Waals surface area contributed by atoms with Gasteiger partial charge in [0.2, 0.25) is 10.0 Å². The van der Waals surface area contributed by atoms with E-state index in [0.29, 0.717) is 24.6 Å². The van der Waals surface area contributed by atoms with E-state index < -0.39 is 10.0 Å². The monoisotopic (exact) mass is 460 g/mol. The Morgan fingerprint density at radius 1 is 1.00 bits per heavy atom. The third-order valence-corrected chi connectivity index (χ3v) is 6.92. The van der Waals surface area contributed by atoms with Crippen LogP contribution in [-0.2, 0) is 10.0 Å². The highest BCUT2D eigenvalue weighted by Crippen LogP contribution is 2.25. The van der Waals surface area contributed by atoms with E-state index in [4.69, 9.17) is 9.47 Å². The number of sulfonamides is 1. The van der Waals surface area contributed by atoms with Crippen LogP contribution in [0.15, 0.2) is 41.3 Å². The number of methoxy groups -OCH3 is 1. The van der Waals surface area contributed by atoms with E-state index in [1.54, 1.807) is 4.90 Å². The number of nitrogens with zero attached hydrogens (tertiary/aromatic N) is 1. The van der Waals surface area contributed by atoms with Gasteiger partial charge in [-0.2, -0.15) is 0 Å². The first-order valence-electron chi connectivity index (χ1n) is 11.0. The number of carbonyl (C=O) groups is 1. The summed E-state index contributed by atoms with van der Waals surface area (Å²) < 4.78 is 39.2. The first-order valence-corrected chi connectivity index (χ1v) is 12.5. The zero-order valence-electron chi connectivity index (χ0n) is 19.0. The van der Waals surface area contributed by atoms with Gasteiger partial charge in [0.25, 0.3) is 5.91 Å². The number of benzene rings is 2. The standard InChI is InChI=1S/C24H32N2O5S/c1-18-14-19(2)16-20(15-18)31-13-10-25-32(28,29)21-8-9-23(30-3)22(17-21)24(27)26-11-6-4-5-7-12-26/h8-9,14-17,25H,4-7,10-13H2,1-3H3. The van der Waals surface area contributed by atoms with E-state index in [2.05, 4.69) is 4.72 Å². The zero-order chi connectivity index (χ0) is 23.1. The Kier molecular flexibility index (Phi) is 8.15.